The molecule has 4 fully saturated rings. The average molecular weight is 1850 g/mol. The third-order valence-electron chi connectivity index (χ3n) is 26.8. The molecule has 4 saturated heterocycles. The van der Waals surface area contributed by atoms with Gasteiger partial charge in [-0.15, -0.1) is 0 Å². The third-order valence-corrected chi connectivity index (χ3v) is 26.8. The molecule has 8 aliphatic rings. The number of piperidine rings is 1. The highest BCUT2D eigenvalue weighted by atomic mass is 16.6. The first-order chi connectivity index (χ1) is 66.3. The summed E-state index contributed by atoms with van der Waals surface area (Å²) in [6, 6.07) is 53.5. The summed E-state index contributed by atoms with van der Waals surface area (Å²) in [5.41, 5.74) is 15.1. The lowest BCUT2D eigenvalue weighted by atomic mass is 9.74. The number of aliphatic hydroxyl groups excluding tert-OH is 4. The first kappa shape index (κ1) is 93.9. The molecule has 4 amide bonds. The molecule has 8 heterocycles. The third kappa shape index (κ3) is 18.4. The number of imide groups is 1. The minimum Gasteiger partial charge on any atom is -0.490 e. The number of aromatic nitrogens is 8. The number of nitriles is 4. The number of nitrogens with zero attached hydrogens (tertiary/aromatic N) is 16. The van der Waals surface area contributed by atoms with Gasteiger partial charge in [-0.05, 0) is 243 Å². The summed E-state index contributed by atoms with van der Waals surface area (Å²) in [5.74, 6) is 4.85. The van der Waals surface area contributed by atoms with E-state index in [1.165, 1.54) is 22.3 Å². The van der Waals surface area contributed by atoms with E-state index in [1.54, 1.807) is 70.5 Å². The van der Waals surface area contributed by atoms with Crippen molar-refractivity contribution in [2.75, 3.05) is 78.8 Å². The molecule has 4 aromatic heterocycles. The fraction of sp³-hybridized carbons (Fsp3) is 0.385. The number of carbonyl (C=O) groups is 4. The van der Waals surface area contributed by atoms with Gasteiger partial charge in [0.1, 0.15) is 59.4 Å². The molecule has 20 rings (SSSR count). The van der Waals surface area contributed by atoms with Gasteiger partial charge in [0.15, 0.2) is 0 Å². The summed E-state index contributed by atoms with van der Waals surface area (Å²) in [5, 5.41) is 92.5. The normalized spacial score (nSPS) is 19.3. The van der Waals surface area contributed by atoms with Crippen molar-refractivity contribution < 1.29 is 81.4 Å². The lowest BCUT2D eigenvalue weighted by molar-refractivity contribution is -0.140. The molecular formula is C104H104N16O17. The number of rotatable bonds is 24. The number of fused-ring (bicyclic) bond motifs is 8. The Bertz CT molecular complexity index is 6790. The van der Waals surface area contributed by atoms with E-state index in [0.717, 1.165) is 108 Å². The molecular weight excluding hydrogens is 1750 g/mol. The second-order valence-electron chi connectivity index (χ2n) is 36.6. The highest BCUT2D eigenvalue weighted by molar-refractivity contribution is 6.10. The van der Waals surface area contributed by atoms with E-state index in [-0.39, 0.29) is 111 Å². The van der Waals surface area contributed by atoms with E-state index in [2.05, 4.69) is 94.0 Å². The molecule has 702 valence electrons. The maximum absolute atomic E-state index is 13.2. The van der Waals surface area contributed by atoms with Gasteiger partial charge in [0.25, 0.3) is 23.6 Å². The van der Waals surface area contributed by atoms with Crippen molar-refractivity contribution in [2.24, 2.45) is 0 Å². The van der Waals surface area contributed by atoms with Gasteiger partial charge in [0.2, 0.25) is 41.0 Å². The fourth-order valence-corrected chi connectivity index (χ4v) is 20.7. The van der Waals surface area contributed by atoms with Crippen molar-refractivity contribution in [3.05, 3.63) is 212 Å². The van der Waals surface area contributed by atoms with Crippen molar-refractivity contribution >= 4 is 23.8 Å². The van der Waals surface area contributed by atoms with Gasteiger partial charge >= 0.3 is 6.09 Å². The molecule has 4 unspecified atom stereocenters. The molecule has 33 heteroatoms. The lowest BCUT2D eigenvalue weighted by Crippen LogP contribution is -2.48. The Kier molecular flexibility index (Phi) is 27.2. The molecule has 8 aromatic carbocycles. The molecule has 4 N–H and O–H groups in total. The quantitative estimate of drug-likeness (QED) is 0.0408. The zero-order valence-corrected chi connectivity index (χ0v) is 77.4. The van der Waals surface area contributed by atoms with E-state index < -0.39 is 17.0 Å². The van der Waals surface area contributed by atoms with Crippen LogP contribution in [-0.2, 0) is 66.6 Å². The highest BCUT2D eigenvalue weighted by Gasteiger charge is 2.57. The van der Waals surface area contributed by atoms with E-state index in [1.807, 2.05) is 116 Å². The standard InChI is InChI=1S/C27H28N4O4.C26H24N4O5.C26H28N4O3.C25H24N4O5/c1-17(2)34-23-7-6-18(14-19(23)15-28)26-29-25(30-35-26)21-4-3-5-22-20(21)8-10-27(22)11-9-24(33)31(16-27)12-13-32;1-15(2)34-21-7-6-16(12-17(21)14-27)24-28-23(29-35-24)19-4-3-5-20-18(19)8-9-26(20)13-22(32)30(10-11-31)25(26)33;1-17(2)32-23-7-6-18(14-19(23)15-27)25-28-24(29-33-25)21-4-3-5-22-20(21)8-9-26(22)10-11-30(16-26)12-13-31;1-15(2)33-21-7-6-16(12-17(21)13-26)23-27-22(28-34-23)19-4-3-5-20-18(19)8-9-25(20)14-32-24(31)29(25)10-11-30/h3-7,14,17,32H,8-13,16H2,1-2H3;3-7,12,15,31H,8-11,13H2,1-2H3;3-7,14,17,31H,8-13,16H2,1-2H3;3-7,12,15,30H,8-11,14H2,1-2H3. The number of hydrogen-bond donors (Lipinski definition) is 4. The predicted molar refractivity (Wildman–Crippen MR) is 497 cm³/mol. The lowest BCUT2D eigenvalue weighted by Gasteiger charge is -2.41. The van der Waals surface area contributed by atoms with Crippen molar-refractivity contribution in [1.82, 2.24) is 60.2 Å². The highest BCUT2D eigenvalue weighted by Crippen LogP contribution is 2.54. The molecule has 33 nitrogen and oxygen atoms in total. The van der Waals surface area contributed by atoms with Gasteiger partial charge in [-0.25, -0.2) is 4.79 Å². The van der Waals surface area contributed by atoms with E-state index in [0.29, 0.717) is 154 Å². The number of likely N-dealkylation sites (tertiary alicyclic amines) is 3. The molecule has 0 saturated carbocycles. The van der Waals surface area contributed by atoms with Crippen LogP contribution in [0.4, 0.5) is 4.79 Å². The Morgan fingerprint density at radius 1 is 0.401 bits per heavy atom. The van der Waals surface area contributed by atoms with Crippen molar-refractivity contribution in [3.8, 4) is 139 Å². The molecule has 0 radical (unpaired) electrons. The van der Waals surface area contributed by atoms with Crippen LogP contribution >= 0.6 is 0 Å². The van der Waals surface area contributed by atoms with Crippen LogP contribution in [0.25, 0.3) is 91.4 Å². The van der Waals surface area contributed by atoms with Crippen LogP contribution in [0.1, 0.15) is 174 Å². The first-order valence-electron chi connectivity index (χ1n) is 46.2. The number of cyclic esters (lactones) is 1. The largest absolute Gasteiger partial charge is 0.490 e. The molecule has 12 aromatic rings. The van der Waals surface area contributed by atoms with E-state index >= 15 is 0 Å². The molecule has 0 bridgehead atoms. The second-order valence-corrected chi connectivity index (χ2v) is 36.6. The fourth-order valence-electron chi connectivity index (χ4n) is 20.7. The van der Waals surface area contributed by atoms with Crippen LogP contribution in [0, 0.1) is 45.3 Å². The average Bonchev–Trinajstić information content (AvgIpc) is 1.57. The number of aliphatic hydroxyl groups is 4. The zero-order valence-electron chi connectivity index (χ0n) is 77.4. The zero-order chi connectivity index (χ0) is 96.2. The van der Waals surface area contributed by atoms with Gasteiger partial charge in [-0.3, -0.25) is 24.2 Å². The molecule has 4 spiro atoms. The number of β-amino-alcohol motifs (C(OH)–C–C–N with tert-alkyl or cyclic N) is 4. The van der Waals surface area contributed by atoms with Gasteiger partial charge in [0.05, 0.1) is 85.1 Å². The van der Waals surface area contributed by atoms with Crippen LogP contribution in [0.5, 0.6) is 23.0 Å². The van der Waals surface area contributed by atoms with Crippen LogP contribution in [0.3, 0.4) is 0 Å². The molecule has 137 heavy (non-hydrogen) atoms. The number of carbonyl (C=O) groups excluding carboxylic acids is 4. The Morgan fingerprint density at radius 3 is 1.17 bits per heavy atom. The van der Waals surface area contributed by atoms with Gasteiger partial charge in [0, 0.05) is 101 Å². The molecule has 4 aliphatic carbocycles. The summed E-state index contributed by atoms with van der Waals surface area (Å²) in [7, 11) is 0. The second kappa shape index (κ2) is 39.6. The maximum atomic E-state index is 13.2. The van der Waals surface area contributed by atoms with Crippen LogP contribution in [-0.4, -0.2) is 208 Å². The maximum Gasteiger partial charge on any atom is 0.410 e. The van der Waals surface area contributed by atoms with E-state index in [4.69, 9.17) is 41.8 Å². The number of amides is 4. The minimum absolute atomic E-state index is 0.00826. The van der Waals surface area contributed by atoms with E-state index in [9.17, 15) is 60.7 Å². The van der Waals surface area contributed by atoms with Crippen LogP contribution < -0.4 is 18.9 Å². The van der Waals surface area contributed by atoms with Crippen LogP contribution in [0.2, 0.25) is 0 Å². The SMILES string of the molecule is CC(C)Oc1ccc(-c2nc(-c3cccc4c3CCC43CC(=O)N(CCO)C3=O)no2)cc1C#N.CC(C)Oc1ccc(-c2nc(-c3cccc4c3CCC43CCC(=O)N(CCO)C3)no2)cc1C#N.CC(C)Oc1ccc(-c2nc(-c3cccc4c3CCC43CCN(CCO)C3)no2)cc1C#N.CC(C)Oc1ccc(-c2nc(-c3cccc4c3CCC43COC(=O)N3CCO)no2)cc1C#N. The predicted octanol–water partition coefficient (Wildman–Crippen LogP) is 14.5. The number of hydrogen-bond acceptors (Lipinski definition) is 30. The van der Waals surface area contributed by atoms with Gasteiger partial charge < -0.3 is 72.0 Å². The molecule has 4 aliphatic heterocycles. The summed E-state index contributed by atoms with van der Waals surface area (Å²) < 4.78 is 50.4. The Morgan fingerprint density at radius 2 is 0.766 bits per heavy atom. The Hall–Kier alpha value is -14.8. The van der Waals surface area contributed by atoms with Gasteiger partial charge in [-0.1, -0.05) is 93.4 Å². The van der Waals surface area contributed by atoms with Crippen molar-refractivity contribution in [3.63, 3.8) is 0 Å². The Balaban J connectivity index is 0.000000127. The smallest absolute Gasteiger partial charge is 0.410 e. The topological polar surface area (TPSA) is 459 Å². The number of benzene rings is 8. The summed E-state index contributed by atoms with van der Waals surface area (Å²) >= 11 is 0. The first-order valence-corrected chi connectivity index (χ1v) is 46.2. The monoisotopic (exact) mass is 1850 g/mol. The Labute approximate surface area is 790 Å². The molecule has 4 atom stereocenters. The summed E-state index contributed by atoms with van der Waals surface area (Å²) in [6.07, 6.45) is 8.37. The minimum atomic E-state index is -0.905. The summed E-state index contributed by atoms with van der Waals surface area (Å²) in [4.78, 5) is 75.8. The van der Waals surface area contributed by atoms with Crippen molar-refractivity contribution in [1.29, 1.82) is 21.0 Å². The van der Waals surface area contributed by atoms with Crippen molar-refractivity contribution in [2.45, 2.75) is 179 Å². The summed E-state index contributed by atoms with van der Waals surface area (Å²) in [6.45, 7) is 19.3. The number of ether oxygens (including phenoxy) is 5. The van der Waals surface area contributed by atoms with Crippen LogP contribution in [0.15, 0.2) is 164 Å². The van der Waals surface area contributed by atoms with Gasteiger partial charge in [-0.2, -0.15) is 41.0 Å².